The molecule has 26 heavy (non-hydrogen) atoms. The van der Waals surface area contributed by atoms with Crippen LogP contribution in [0.25, 0.3) is 0 Å². The highest BCUT2D eigenvalue weighted by atomic mass is 16.5. The molecular weight excluding hydrogens is 340 g/mol. The topological polar surface area (TPSA) is 106 Å². The van der Waals surface area contributed by atoms with Crippen LogP contribution in [0.4, 0.5) is 16.4 Å². The number of urea groups is 1. The number of nitrogens with zero attached hydrogens (tertiary/aromatic N) is 5. The Morgan fingerprint density at radius 2 is 2.19 bits per heavy atom. The average Bonchev–Trinajstić information content (AvgIpc) is 3.05. The van der Waals surface area contributed by atoms with E-state index < -0.39 is 0 Å². The summed E-state index contributed by atoms with van der Waals surface area (Å²) in [5.41, 5.74) is 0.602. The lowest BCUT2D eigenvalue weighted by Crippen LogP contribution is -2.50. The highest BCUT2D eigenvalue weighted by Gasteiger charge is 2.35. The van der Waals surface area contributed by atoms with Gasteiger partial charge in [0, 0.05) is 40.4 Å². The van der Waals surface area contributed by atoms with E-state index in [1.54, 1.807) is 35.2 Å². The molecule has 10 heteroatoms. The fraction of sp³-hybridized carbons (Fsp3) is 0.500. The first kappa shape index (κ1) is 17.9. The summed E-state index contributed by atoms with van der Waals surface area (Å²) >= 11 is 0. The van der Waals surface area contributed by atoms with E-state index in [2.05, 4.69) is 20.4 Å². The van der Waals surface area contributed by atoms with Crippen LogP contribution in [0.2, 0.25) is 0 Å². The summed E-state index contributed by atoms with van der Waals surface area (Å²) in [5, 5.41) is 6.69. The second-order valence-corrected chi connectivity index (χ2v) is 6.09. The molecular formula is C16H22N6O4. The monoisotopic (exact) mass is 362 g/mol. The number of rotatable bonds is 7. The molecule has 0 aromatic carbocycles. The van der Waals surface area contributed by atoms with Gasteiger partial charge in [-0.1, -0.05) is 0 Å². The zero-order valence-electron chi connectivity index (χ0n) is 15.0. The normalized spacial score (nSPS) is 14.0. The van der Waals surface area contributed by atoms with Crippen molar-refractivity contribution in [3.8, 4) is 5.88 Å². The molecule has 0 spiro atoms. The van der Waals surface area contributed by atoms with E-state index in [1.807, 2.05) is 14.1 Å². The number of aromatic nitrogens is 3. The lowest BCUT2D eigenvalue weighted by atomic mass is 10.0. The lowest BCUT2D eigenvalue weighted by molar-refractivity contribution is 0.143. The van der Waals surface area contributed by atoms with Crippen molar-refractivity contribution in [1.82, 2.24) is 20.0 Å². The maximum absolute atomic E-state index is 12.2. The number of hydrogen-bond donors (Lipinski definition) is 1. The predicted molar refractivity (Wildman–Crippen MR) is 93.6 cm³/mol. The van der Waals surface area contributed by atoms with Gasteiger partial charge in [0.1, 0.15) is 6.61 Å². The fourth-order valence-corrected chi connectivity index (χ4v) is 2.35. The molecule has 0 unspecified atom stereocenters. The molecule has 3 heterocycles. The number of methoxy groups -OCH3 is 1. The van der Waals surface area contributed by atoms with Crippen molar-refractivity contribution >= 4 is 17.7 Å². The number of hydrogen-bond acceptors (Lipinski definition) is 8. The van der Waals surface area contributed by atoms with Crippen LogP contribution < -0.4 is 15.0 Å². The van der Waals surface area contributed by atoms with E-state index in [-0.39, 0.29) is 11.9 Å². The standard InChI is InChI=1S/C16H22N6O4/c1-21(2)15-19-14(26-20-15)11-9-22(10-11)16(23)18-12-4-5-13(17-8-12)25-7-6-24-3/h4-5,8,11H,6-7,9-10H2,1-3H3,(H,18,23). The molecule has 1 fully saturated rings. The minimum atomic E-state index is -0.191. The Kier molecular flexibility index (Phi) is 5.52. The van der Waals surface area contributed by atoms with Crippen molar-refractivity contribution in [2.24, 2.45) is 0 Å². The minimum absolute atomic E-state index is 0.0663. The van der Waals surface area contributed by atoms with Crippen LogP contribution >= 0.6 is 0 Å². The molecule has 2 amide bonds. The van der Waals surface area contributed by atoms with Crippen LogP contribution in [-0.4, -0.2) is 73.6 Å². The minimum Gasteiger partial charge on any atom is -0.475 e. The third kappa shape index (κ3) is 4.20. The van der Waals surface area contributed by atoms with Crippen molar-refractivity contribution in [3.05, 3.63) is 24.2 Å². The second-order valence-electron chi connectivity index (χ2n) is 6.09. The number of carbonyl (C=O) groups excluding carboxylic acids is 1. The van der Waals surface area contributed by atoms with Crippen LogP contribution in [0, 0.1) is 0 Å². The SMILES string of the molecule is COCCOc1ccc(NC(=O)N2CC(c3nc(N(C)C)no3)C2)cn1. The number of ether oxygens (including phenoxy) is 2. The third-order valence-electron chi connectivity index (χ3n) is 3.87. The van der Waals surface area contributed by atoms with Gasteiger partial charge in [0.25, 0.3) is 5.95 Å². The van der Waals surface area contributed by atoms with Crippen LogP contribution in [0.5, 0.6) is 5.88 Å². The molecule has 1 aliphatic rings. The Morgan fingerprint density at radius 1 is 1.38 bits per heavy atom. The summed E-state index contributed by atoms with van der Waals surface area (Å²) in [5.74, 6) is 1.63. The smallest absolute Gasteiger partial charge is 0.321 e. The Hall–Kier alpha value is -2.88. The van der Waals surface area contributed by atoms with Gasteiger partial charge in [0.05, 0.1) is 24.4 Å². The molecule has 0 aliphatic carbocycles. The highest BCUT2D eigenvalue weighted by molar-refractivity contribution is 5.89. The van der Waals surface area contributed by atoms with Crippen molar-refractivity contribution in [2.45, 2.75) is 5.92 Å². The Bertz CT molecular complexity index is 727. The van der Waals surface area contributed by atoms with Gasteiger partial charge in [-0.3, -0.25) is 0 Å². The summed E-state index contributed by atoms with van der Waals surface area (Å²) in [4.78, 5) is 24.1. The van der Waals surface area contributed by atoms with Crippen molar-refractivity contribution in [3.63, 3.8) is 0 Å². The van der Waals surface area contributed by atoms with Gasteiger partial charge in [-0.05, 0) is 11.2 Å². The van der Waals surface area contributed by atoms with Gasteiger partial charge in [0.15, 0.2) is 0 Å². The first-order valence-electron chi connectivity index (χ1n) is 8.21. The summed E-state index contributed by atoms with van der Waals surface area (Å²) in [7, 11) is 5.30. The van der Waals surface area contributed by atoms with Crippen LogP contribution in [0.1, 0.15) is 11.8 Å². The molecule has 0 atom stereocenters. The maximum atomic E-state index is 12.2. The molecule has 3 rings (SSSR count). The number of anilines is 2. The first-order chi connectivity index (χ1) is 12.6. The van der Waals surface area contributed by atoms with E-state index in [0.29, 0.717) is 49.7 Å². The molecule has 1 saturated heterocycles. The average molecular weight is 362 g/mol. The predicted octanol–water partition coefficient (Wildman–Crippen LogP) is 1.19. The van der Waals surface area contributed by atoms with Gasteiger partial charge >= 0.3 is 6.03 Å². The number of pyridine rings is 1. The maximum Gasteiger partial charge on any atom is 0.321 e. The van der Waals surface area contributed by atoms with Crippen LogP contribution in [0.3, 0.4) is 0 Å². The number of carbonyl (C=O) groups is 1. The van der Waals surface area contributed by atoms with Crippen LogP contribution in [-0.2, 0) is 4.74 Å². The molecule has 2 aromatic heterocycles. The number of amides is 2. The zero-order chi connectivity index (χ0) is 18.5. The summed E-state index contributed by atoms with van der Waals surface area (Å²) in [6, 6.07) is 3.25. The quantitative estimate of drug-likeness (QED) is 0.732. The Labute approximate surface area is 151 Å². The molecule has 0 bridgehead atoms. The second kappa shape index (κ2) is 8.00. The molecule has 1 N–H and O–H groups in total. The Balaban J connectivity index is 1.46. The van der Waals surface area contributed by atoms with Crippen molar-refractivity contribution < 1.29 is 18.8 Å². The molecule has 0 saturated carbocycles. The van der Waals surface area contributed by atoms with Gasteiger partial charge in [0.2, 0.25) is 11.8 Å². The number of likely N-dealkylation sites (tertiary alicyclic amines) is 1. The van der Waals surface area contributed by atoms with Gasteiger partial charge in [-0.25, -0.2) is 9.78 Å². The van der Waals surface area contributed by atoms with E-state index in [9.17, 15) is 4.79 Å². The highest BCUT2D eigenvalue weighted by Crippen LogP contribution is 2.27. The van der Waals surface area contributed by atoms with Gasteiger partial charge in [-0.15, -0.1) is 0 Å². The van der Waals surface area contributed by atoms with Gasteiger partial charge in [-0.2, -0.15) is 4.98 Å². The third-order valence-corrected chi connectivity index (χ3v) is 3.87. The van der Waals surface area contributed by atoms with E-state index in [4.69, 9.17) is 14.0 Å². The summed E-state index contributed by atoms with van der Waals surface area (Å²) < 4.78 is 15.5. The zero-order valence-corrected chi connectivity index (χ0v) is 15.0. The molecule has 2 aromatic rings. The molecule has 140 valence electrons. The number of nitrogens with one attached hydrogen (secondary N) is 1. The summed E-state index contributed by atoms with van der Waals surface area (Å²) in [6.45, 7) is 1.99. The summed E-state index contributed by atoms with van der Waals surface area (Å²) in [6.07, 6.45) is 1.55. The van der Waals surface area contributed by atoms with E-state index in [1.165, 1.54) is 0 Å². The van der Waals surface area contributed by atoms with Crippen molar-refractivity contribution in [1.29, 1.82) is 0 Å². The largest absolute Gasteiger partial charge is 0.475 e. The lowest BCUT2D eigenvalue weighted by Gasteiger charge is -2.36. The fourth-order valence-electron chi connectivity index (χ4n) is 2.35. The van der Waals surface area contributed by atoms with E-state index in [0.717, 1.165) is 0 Å². The van der Waals surface area contributed by atoms with Crippen LogP contribution in [0.15, 0.2) is 22.9 Å². The van der Waals surface area contributed by atoms with Crippen molar-refractivity contribution in [2.75, 3.05) is 57.7 Å². The molecule has 0 radical (unpaired) electrons. The Morgan fingerprint density at radius 3 is 2.81 bits per heavy atom. The molecule has 10 nitrogen and oxygen atoms in total. The van der Waals surface area contributed by atoms with E-state index >= 15 is 0 Å². The molecule has 1 aliphatic heterocycles. The first-order valence-corrected chi connectivity index (χ1v) is 8.21. The van der Waals surface area contributed by atoms with Gasteiger partial charge < -0.3 is 29.1 Å².